The van der Waals surface area contributed by atoms with E-state index in [1.54, 1.807) is 11.8 Å². The fourth-order valence-electron chi connectivity index (χ4n) is 4.14. The van der Waals surface area contributed by atoms with Crippen LogP contribution in [0.4, 0.5) is 13.6 Å². The second-order valence-corrected chi connectivity index (χ2v) is 7.52. The number of carbonyl (C=O) groups excluding carboxylic acids is 3. The first-order valence-corrected chi connectivity index (χ1v) is 9.66. The molecule has 0 aromatic rings. The van der Waals surface area contributed by atoms with Crippen molar-refractivity contribution in [2.75, 3.05) is 20.3 Å². The number of hydrogen-bond donors (Lipinski definition) is 0. The smallest absolute Gasteiger partial charge is 0.409 e. The van der Waals surface area contributed by atoms with E-state index in [4.69, 9.17) is 9.47 Å². The molecular formula is C19H29F2NO5. The van der Waals surface area contributed by atoms with Crippen molar-refractivity contribution in [3.63, 3.8) is 0 Å². The zero-order valence-electron chi connectivity index (χ0n) is 16.0. The van der Waals surface area contributed by atoms with Crippen LogP contribution in [-0.2, 0) is 19.1 Å². The summed E-state index contributed by atoms with van der Waals surface area (Å²) in [6.07, 6.45) is 1.32. The zero-order chi connectivity index (χ0) is 20.0. The number of alkyl halides is 2. The van der Waals surface area contributed by atoms with Gasteiger partial charge in [0, 0.05) is 31.3 Å². The molecule has 27 heavy (non-hydrogen) atoms. The van der Waals surface area contributed by atoms with Gasteiger partial charge in [-0.1, -0.05) is 0 Å². The number of carbonyl (C=O) groups is 3. The first kappa shape index (κ1) is 21.6. The molecule has 6 nitrogen and oxygen atoms in total. The molecule has 0 aromatic carbocycles. The molecule has 1 amide bonds. The number of ether oxygens (including phenoxy) is 2. The number of ketones is 1. The lowest BCUT2D eigenvalue weighted by molar-refractivity contribution is -0.146. The van der Waals surface area contributed by atoms with Gasteiger partial charge in [-0.05, 0) is 44.9 Å². The number of esters is 1. The Morgan fingerprint density at radius 1 is 1.15 bits per heavy atom. The average Bonchev–Trinajstić information content (AvgIpc) is 2.63. The number of Topliss-reactive ketones (excluding diaryl/α,β-unsaturated/α-hetero) is 1. The summed E-state index contributed by atoms with van der Waals surface area (Å²) in [7, 11) is 1.30. The maximum absolute atomic E-state index is 13.4. The fraction of sp³-hybridized carbons (Fsp3) is 0.842. The number of nitrogens with zero attached hydrogens (tertiary/aromatic N) is 1. The third-order valence-corrected chi connectivity index (χ3v) is 5.65. The predicted molar refractivity (Wildman–Crippen MR) is 93.4 cm³/mol. The lowest BCUT2D eigenvalue weighted by atomic mass is 9.78. The summed E-state index contributed by atoms with van der Waals surface area (Å²) in [6.45, 7) is 2.27. The van der Waals surface area contributed by atoms with E-state index in [1.165, 1.54) is 7.11 Å². The van der Waals surface area contributed by atoms with Crippen LogP contribution < -0.4 is 0 Å². The standard InChI is InChI=1S/C19H29F2NO5/c1-3-27-17(24)12-16(23)14-6-9-22(18(25)26-2)15(11-14)10-13-4-7-19(20,21)8-5-13/h13-15H,3-12H2,1-2H3/t14-,15-/m1/s1. The fourth-order valence-corrected chi connectivity index (χ4v) is 4.14. The molecule has 2 atom stereocenters. The average molecular weight is 389 g/mol. The normalized spacial score (nSPS) is 25.7. The highest BCUT2D eigenvalue weighted by atomic mass is 19.3. The van der Waals surface area contributed by atoms with Crippen molar-refractivity contribution in [1.82, 2.24) is 4.90 Å². The summed E-state index contributed by atoms with van der Waals surface area (Å²) < 4.78 is 36.5. The van der Waals surface area contributed by atoms with Crippen LogP contribution in [0.1, 0.15) is 58.3 Å². The lowest BCUT2D eigenvalue weighted by Crippen LogP contribution is -2.48. The van der Waals surface area contributed by atoms with Gasteiger partial charge in [-0.15, -0.1) is 0 Å². The molecule has 1 aliphatic heterocycles. The van der Waals surface area contributed by atoms with E-state index >= 15 is 0 Å². The van der Waals surface area contributed by atoms with E-state index in [2.05, 4.69) is 0 Å². The largest absolute Gasteiger partial charge is 0.466 e. The molecule has 0 bridgehead atoms. The maximum atomic E-state index is 13.4. The van der Waals surface area contributed by atoms with E-state index in [0.717, 1.165) is 0 Å². The van der Waals surface area contributed by atoms with E-state index in [9.17, 15) is 23.2 Å². The minimum atomic E-state index is -2.59. The Kier molecular flexibility index (Phi) is 7.56. The molecule has 1 saturated heterocycles. The van der Waals surface area contributed by atoms with Crippen molar-refractivity contribution in [1.29, 1.82) is 0 Å². The first-order valence-electron chi connectivity index (χ1n) is 9.66. The van der Waals surface area contributed by atoms with Crippen molar-refractivity contribution in [2.24, 2.45) is 11.8 Å². The monoisotopic (exact) mass is 389 g/mol. The van der Waals surface area contributed by atoms with Gasteiger partial charge in [-0.25, -0.2) is 13.6 Å². The van der Waals surface area contributed by atoms with Crippen molar-refractivity contribution < 1.29 is 32.6 Å². The van der Waals surface area contributed by atoms with Gasteiger partial charge >= 0.3 is 12.1 Å². The number of likely N-dealkylation sites (tertiary alicyclic amines) is 1. The summed E-state index contributed by atoms with van der Waals surface area (Å²) in [5, 5.41) is 0. The number of halogens is 2. The minimum Gasteiger partial charge on any atom is -0.466 e. The van der Waals surface area contributed by atoms with Crippen LogP contribution in [0, 0.1) is 11.8 Å². The van der Waals surface area contributed by atoms with Crippen LogP contribution in [0.25, 0.3) is 0 Å². The Balaban J connectivity index is 1.99. The third kappa shape index (κ3) is 6.14. The van der Waals surface area contributed by atoms with Crippen molar-refractivity contribution in [3.05, 3.63) is 0 Å². The highest BCUT2D eigenvalue weighted by Crippen LogP contribution is 2.40. The molecular weight excluding hydrogens is 360 g/mol. The molecule has 1 aliphatic carbocycles. The molecule has 0 unspecified atom stereocenters. The number of piperidine rings is 1. The lowest BCUT2D eigenvalue weighted by Gasteiger charge is -2.40. The Morgan fingerprint density at radius 3 is 2.41 bits per heavy atom. The molecule has 1 heterocycles. The van der Waals surface area contributed by atoms with Gasteiger partial charge in [0.2, 0.25) is 5.92 Å². The van der Waals surface area contributed by atoms with E-state index < -0.39 is 18.0 Å². The number of methoxy groups -OCH3 is 1. The van der Waals surface area contributed by atoms with Gasteiger partial charge in [-0.3, -0.25) is 9.59 Å². The molecule has 0 radical (unpaired) electrons. The summed E-state index contributed by atoms with van der Waals surface area (Å²) in [6, 6.07) is -0.237. The van der Waals surface area contributed by atoms with Crippen LogP contribution in [0.2, 0.25) is 0 Å². The molecule has 2 fully saturated rings. The molecule has 0 spiro atoms. The number of amides is 1. The second-order valence-electron chi connectivity index (χ2n) is 7.52. The molecule has 2 rings (SSSR count). The quantitative estimate of drug-likeness (QED) is 0.513. The highest BCUT2D eigenvalue weighted by molar-refractivity contribution is 5.96. The summed E-state index contributed by atoms with van der Waals surface area (Å²) >= 11 is 0. The maximum Gasteiger partial charge on any atom is 0.409 e. The molecule has 1 saturated carbocycles. The Bertz CT molecular complexity index is 544. The van der Waals surface area contributed by atoms with E-state index in [0.29, 0.717) is 38.6 Å². The van der Waals surface area contributed by atoms with Gasteiger partial charge in [0.1, 0.15) is 12.2 Å². The van der Waals surface area contributed by atoms with Crippen LogP contribution >= 0.6 is 0 Å². The molecule has 2 aliphatic rings. The topological polar surface area (TPSA) is 72.9 Å². The van der Waals surface area contributed by atoms with Gasteiger partial charge in [-0.2, -0.15) is 0 Å². The van der Waals surface area contributed by atoms with E-state index in [-0.39, 0.29) is 49.5 Å². The third-order valence-electron chi connectivity index (χ3n) is 5.65. The SMILES string of the molecule is CCOC(=O)CC(=O)[C@@H]1CCN(C(=O)OC)[C@H](CC2CCC(F)(F)CC2)C1. The minimum absolute atomic E-state index is 0.0979. The van der Waals surface area contributed by atoms with Crippen molar-refractivity contribution >= 4 is 17.8 Å². The zero-order valence-corrected chi connectivity index (χ0v) is 16.0. The molecule has 8 heteroatoms. The summed E-state index contributed by atoms with van der Waals surface area (Å²) in [5.41, 5.74) is 0. The Hall–Kier alpha value is -1.73. The summed E-state index contributed by atoms with van der Waals surface area (Å²) in [5.74, 6) is -3.54. The van der Waals surface area contributed by atoms with Crippen LogP contribution in [-0.4, -0.2) is 55.0 Å². The number of rotatable bonds is 6. The number of hydrogen-bond acceptors (Lipinski definition) is 5. The molecule has 154 valence electrons. The van der Waals surface area contributed by atoms with Crippen molar-refractivity contribution in [2.45, 2.75) is 70.3 Å². The predicted octanol–water partition coefficient (Wildman–Crippen LogP) is 3.57. The first-order chi connectivity index (χ1) is 12.8. The van der Waals surface area contributed by atoms with Crippen molar-refractivity contribution in [3.8, 4) is 0 Å². The Labute approximate surface area is 158 Å². The van der Waals surface area contributed by atoms with Crippen LogP contribution in [0.3, 0.4) is 0 Å². The van der Waals surface area contributed by atoms with Gasteiger partial charge in [0.25, 0.3) is 0 Å². The van der Waals surface area contributed by atoms with Gasteiger partial charge in [0.05, 0.1) is 13.7 Å². The van der Waals surface area contributed by atoms with Crippen LogP contribution in [0.5, 0.6) is 0 Å². The van der Waals surface area contributed by atoms with Gasteiger partial charge < -0.3 is 14.4 Å². The van der Waals surface area contributed by atoms with Gasteiger partial charge in [0.15, 0.2) is 0 Å². The second kappa shape index (κ2) is 9.46. The molecule has 0 aromatic heterocycles. The highest BCUT2D eigenvalue weighted by Gasteiger charge is 2.40. The molecule has 0 N–H and O–H groups in total. The van der Waals surface area contributed by atoms with Crippen LogP contribution in [0.15, 0.2) is 0 Å². The summed E-state index contributed by atoms with van der Waals surface area (Å²) in [4.78, 5) is 37.7. The Morgan fingerprint density at radius 2 is 1.81 bits per heavy atom. The van der Waals surface area contributed by atoms with E-state index in [1.807, 2.05) is 0 Å².